The molecule has 5 aliphatic rings. The van der Waals surface area contributed by atoms with E-state index >= 15 is 0 Å². The molecule has 8 rings (SSSR count). The van der Waals surface area contributed by atoms with Crippen molar-refractivity contribution in [3.63, 3.8) is 0 Å². The fourth-order valence-electron chi connectivity index (χ4n) is 5.98. The van der Waals surface area contributed by atoms with Crippen LogP contribution in [0.2, 0.25) is 0 Å². The van der Waals surface area contributed by atoms with Gasteiger partial charge in [0.1, 0.15) is 0 Å². The first-order chi connectivity index (χ1) is 22.0. The van der Waals surface area contributed by atoms with Crippen LogP contribution < -0.4 is 0 Å². The summed E-state index contributed by atoms with van der Waals surface area (Å²) in [5.74, 6) is 0. The number of fused-ring (bicyclic) bond motifs is 4. The van der Waals surface area contributed by atoms with E-state index in [2.05, 4.69) is 61.5 Å². The average molecular weight is 620 g/mol. The second-order valence-corrected chi connectivity index (χ2v) is 11.7. The van der Waals surface area contributed by atoms with Crippen LogP contribution in [0.1, 0.15) is 22.3 Å². The summed E-state index contributed by atoms with van der Waals surface area (Å²) in [7, 11) is 0. The molecule has 0 saturated heterocycles. The molecule has 0 amide bonds. The van der Waals surface area contributed by atoms with Gasteiger partial charge in [-0.2, -0.15) is 0 Å². The summed E-state index contributed by atoms with van der Waals surface area (Å²) in [6, 6.07) is 28.8. The predicted octanol–water partition coefficient (Wildman–Crippen LogP) is 9.60. The Morgan fingerprint density at radius 1 is 0.467 bits per heavy atom. The highest BCUT2D eigenvalue weighted by atomic mass is 35.5. The van der Waals surface area contributed by atoms with E-state index in [0.717, 1.165) is 61.8 Å². The number of aliphatic imine (C=N–C) groups is 4. The smallest absolute Gasteiger partial charge is 0.0919 e. The van der Waals surface area contributed by atoms with Gasteiger partial charge in [-0.15, -0.1) is 0 Å². The van der Waals surface area contributed by atoms with Crippen LogP contribution in [0.4, 0.5) is 0 Å². The number of allylic oxidation sites excluding steroid dienone is 12. The normalized spacial score (nSPS) is 18.6. The van der Waals surface area contributed by atoms with E-state index in [9.17, 15) is 0 Å². The quantitative estimate of drug-likeness (QED) is 0.280. The number of halogens is 2. The Labute approximate surface area is 271 Å². The molecule has 0 N–H and O–H groups in total. The van der Waals surface area contributed by atoms with Gasteiger partial charge in [-0.25, -0.2) is 20.0 Å². The van der Waals surface area contributed by atoms with Gasteiger partial charge >= 0.3 is 0 Å². The summed E-state index contributed by atoms with van der Waals surface area (Å²) < 4.78 is 0. The van der Waals surface area contributed by atoms with Crippen LogP contribution in [0.5, 0.6) is 0 Å². The zero-order chi connectivity index (χ0) is 30.5. The minimum atomic E-state index is 0.443. The Bertz CT molecular complexity index is 2200. The van der Waals surface area contributed by atoms with Crippen LogP contribution in [0.15, 0.2) is 180 Å². The Kier molecular flexibility index (Phi) is 6.75. The summed E-state index contributed by atoms with van der Waals surface area (Å²) in [4.78, 5) is 20.3. The molecule has 6 heteroatoms. The number of hydrogen-bond donors (Lipinski definition) is 0. The van der Waals surface area contributed by atoms with Crippen LogP contribution in [-0.2, 0) is 0 Å². The van der Waals surface area contributed by atoms with Gasteiger partial charge in [0.25, 0.3) is 0 Å². The van der Waals surface area contributed by atoms with Crippen LogP contribution in [0.3, 0.4) is 0 Å². The van der Waals surface area contributed by atoms with Crippen molar-refractivity contribution in [2.24, 2.45) is 20.0 Å². The molecule has 3 aromatic rings. The lowest BCUT2D eigenvalue weighted by Crippen LogP contribution is -2.03. The van der Waals surface area contributed by atoms with Crippen molar-refractivity contribution in [3.05, 3.63) is 183 Å². The minimum absolute atomic E-state index is 0.443. The van der Waals surface area contributed by atoms with Crippen molar-refractivity contribution in [2.45, 2.75) is 6.92 Å². The molecule has 214 valence electrons. The molecule has 5 aliphatic heterocycles. The van der Waals surface area contributed by atoms with Gasteiger partial charge in [0.2, 0.25) is 0 Å². The van der Waals surface area contributed by atoms with Crippen LogP contribution in [0, 0.1) is 6.92 Å². The van der Waals surface area contributed by atoms with E-state index in [1.165, 1.54) is 0 Å². The third-order valence-corrected chi connectivity index (χ3v) is 8.93. The van der Waals surface area contributed by atoms with E-state index in [0.29, 0.717) is 32.9 Å². The largest absolute Gasteiger partial charge is 0.248 e. The van der Waals surface area contributed by atoms with Gasteiger partial charge in [-0.1, -0.05) is 108 Å². The van der Waals surface area contributed by atoms with E-state index in [-0.39, 0.29) is 0 Å². The fraction of sp³-hybridized carbons (Fsp3) is 0.0256. The van der Waals surface area contributed by atoms with Gasteiger partial charge in [0.15, 0.2) is 0 Å². The Morgan fingerprint density at radius 2 is 0.978 bits per heavy atom. The lowest BCUT2D eigenvalue weighted by Gasteiger charge is -2.14. The summed E-state index contributed by atoms with van der Waals surface area (Å²) in [6.07, 6.45) is 13.8. The van der Waals surface area contributed by atoms with Gasteiger partial charge in [-0.3, -0.25) is 0 Å². The van der Waals surface area contributed by atoms with Gasteiger partial charge < -0.3 is 0 Å². The maximum atomic E-state index is 7.08. The van der Waals surface area contributed by atoms with Crippen LogP contribution >= 0.6 is 23.2 Å². The summed E-state index contributed by atoms with van der Waals surface area (Å²) >= 11 is 14.0. The van der Waals surface area contributed by atoms with Crippen molar-refractivity contribution in [2.75, 3.05) is 0 Å². The van der Waals surface area contributed by atoms with E-state index < -0.39 is 0 Å². The first kappa shape index (κ1) is 27.4. The summed E-state index contributed by atoms with van der Waals surface area (Å²) in [5, 5.41) is 0.891. The van der Waals surface area contributed by atoms with Gasteiger partial charge in [0, 0.05) is 16.7 Å². The van der Waals surface area contributed by atoms with E-state index in [4.69, 9.17) is 43.2 Å². The second kappa shape index (κ2) is 11.1. The maximum absolute atomic E-state index is 7.08. The number of benzene rings is 3. The molecule has 8 bridgehead atoms. The van der Waals surface area contributed by atoms with Crippen molar-refractivity contribution in [1.82, 2.24) is 0 Å². The standard InChI is InChI=1S/C39H24Cl2N4/c1-23-10-8-9-15-26(23)27-22-34-38(41)33-21-20-32(44-33)37(40)31-19-18-29(43-31)35(24-11-4-2-5-12-24)28-16-17-30(42-28)36(39(27)45-34)25-13-6-3-7-14-25/h2-22H,1H3. The van der Waals surface area contributed by atoms with Crippen molar-refractivity contribution in [3.8, 4) is 0 Å². The van der Waals surface area contributed by atoms with Crippen molar-refractivity contribution in [1.29, 1.82) is 0 Å². The van der Waals surface area contributed by atoms with Crippen molar-refractivity contribution >= 4 is 62.8 Å². The number of aryl methyl sites for hydroxylation is 1. The fourth-order valence-corrected chi connectivity index (χ4v) is 6.39. The molecule has 0 atom stereocenters. The molecule has 4 nitrogen and oxygen atoms in total. The number of rotatable bonds is 3. The predicted molar refractivity (Wildman–Crippen MR) is 189 cm³/mol. The molecule has 3 aromatic carbocycles. The number of nitrogens with zero attached hydrogens (tertiary/aromatic N) is 4. The lowest BCUT2D eigenvalue weighted by atomic mass is 9.91. The molecule has 0 saturated carbocycles. The average Bonchev–Trinajstić information content (AvgIpc) is 3.90. The molecule has 0 fully saturated rings. The maximum Gasteiger partial charge on any atom is 0.0919 e. The summed E-state index contributed by atoms with van der Waals surface area (Å²) in [6.45, 7) is 2.11. The van der Waals surface area contributed by atoms with Crippen molar-refractivity contribution < 1.29 is 0 Å². The van der Waals surface area contributed by atoms with E-state index in [1.807, 2.05) is 72.8 Å². The topological polar surface area (TPSA) is 49.4 Å². The highest BCUT2D eigenvalue weighted by Gasteiger charge is 2.29. The highest BCUT2D eigenvalue weighted by Crippen LogP contribution is 2.41. The SMILES string of the molecule is Cc1ccccc1C1=CC2=NC1=C(c1ccccc1)C1=NC(=C(c3ccccc3)C3=NC(=C(Cl)C4=NC(=C2Cl)C=C4)C=C3)C=C1. The first-order valence-electron chi connectivity index (χ1n) is 14.6. The Morgan fingerprint density at radius 3 is 1.67 bits per heavy atom. The Balaban J connectivity index is 1.48. The Hall–Kier alpha value is -5.16. The zero-order valence-corrected chi connectivity index (χ0v) is 25.7. The third kappa shape index (κ3) is 4.80. The monoisotopic (exact) mass is 618 g/mol. The minimum Gasteiger partial charge on any atom is -0.248 e. The van der Waals surface area contributed by atoms with Crippen LogP contribution in [0.25, 0.3) is 16.7 Å². The molecular formula is C39H24Cl2N4. The molecule has 45 heavy (non-hydrogen) atoms. The molecule has 0 aromatic heterocycles. The molecule has 5 heterocycles. The van der Waals surface area contributed by atoms with Gasteiger partial charge in [0.05, 0.1) is 55.7 Å². The second-order valence-electron chi connectivity index (χ2n) is 11.0. The third-order valence-electron chi connectivity index (χ3n) is 8.15. The van der Waals surface area contributed by atoms with E-state index in [1.54, 1.807) is 0 Å². The lowest BCUT2D eigenvalue weighted by molar-refractivity contribution is 1.38. The molecule has 0 unspecified atom stereocenters. The highest BCUT2D eigenvalue weighted by molar-refractivity contribution is 6.50. The molecule has 0 aliphatic carbocycles. The molecular weight excluding hydrogens is 595 g/mol. The number of hydrogen-bond acceptors (Lipinski definition) is 4. The zero-order valence-electron chi connectivity index (χ0n) is 24.2. The molecule has 0 spiro atoms. The van der Waals surface area contributed by atoms with Crippen LogP contribution in [-0.4, -0.2) is 22.8 Å². The molecule has 0 radical (unpaired) electrons. The summed E-state index contributed by atoms with van der Waals surface area (Å²) in [5.41, 5.74) is 12.7. The first-order valence-corrected chi connectivity index (χ1v) is 15.4. The van der Waals surface area contributed by atoms with Gasteiger partial charge in [-0.05, 0) is 71.7 Å².